The zero-order valence-electron chi connectivity index (χ0n) is 15.8. The largest absolute Gasteiger partial charge is 0.380 e. The Hall–Kier alpha value is -3.00. The molecule has 0 radical (unpaired) electrons. The van der Waals surface area contributed by atoms with Crippen LogP contribution in [0, 0.1) is 0 Å². The van der Waals surface area contributed by atoms with E-state index in [0.29, 0.717) is 18.4 Å². The molecular formula is C19H23N7O. The maximum Gasteiger partial charge on any atom is 0.272 e. The van der Waals surface area contributed by atoms with Gasteiger partial charge in [-0.15, -0.1) is 10.2 Å². The van der Waals surface area contributed by atoms with Crippen LogP contribution in [-0.4, -0.2) is 41.5 Å². The van der Waals surface area contributed by atoms with E-state index in [2.05, 4.69) is 28.9 Å². The van der Waals surface area contributed by atoms with Crippen LogP contribution in [0.4, 0.5) is 0 Å². The summed E-state index contributed by atoms with van der Waals surface area (Å²) in [5.74, 6) is 2.24. The summed E-state index contributed by atoms with van der Waals surface area (Å²) in [6.45, 7) is 4.80. The monoisotopic (exact) mass is 365 g/mol. The lowest BCUT2D eigenvalue weighted by Crippen LogP contribution is -2.04. The second kappa shape index (κ2) is 7.32. The minimum Gasteiger partial charge on any atom is -0.380 e. The lowest BCUT2D eigenvalue weighted by Gasteiger charge is -2.03. The highest BCUT2D eigenvalue weighted by Crippen LogP contribution is 2.26. The van der Waals surface area contributed by atoms with Crippen LogP contribution in [0.2, 0.25) is 0 Å². The Bertz CT molecular complexity index is 1010. The zero-order valence-corrected chi connectivity index (χ0v) is 15.8. The number of ether oxygens (including phenoxy) is 1. The first-order valence-corrected chi connectivity index (χ1v) is 9.15. The van der Waals surface area contributed by atoms with Gasteiger partial charge in [0.1, 0.15) is 0 Å². The maximum absolute atomic E-state index is 5.32. The highest BCUT2D eigenvalue weighted by Gasteiger charge is 2.22. The van der Waals surface area contributed by atoms with E-state index >= 15 is 0 Å². The Labute approximate surface area is 157 Å². The van der Waals surface area contributed by atoms with Crippen molar-refractivity contribution in [2.45, 2.75) is 39.2 Å². The van der Waals surface area contributed by atoms with Gasteiger partial charge in [-0.3, -0.25) is 0 Å². The van der Waals surface area contributed by atoms with Gasteiger partial charge in [-0.25, -0.2) is 9.50 Å². The molecule has 0 saturated carbocycles. The third kappa shape index (κ3) is 3.23. The molecule has 0 aliphatic carbocycles. The smallest absolute Gasteiger partial charge is 0.272 e. The fraction of sp³-hybridized carbons (Fsp3) is 0.368. The standard InChI is InChI=1S/C19H23N7O/c1-4-7-13(2)17-22-18(16-14(12-27-3)9-10-20-16)26(23-17)19-21-15-8-5-6-11-25(15)24-19/h5-6,8-11,13,20H,4,7,12H2,1-3H3. The van der Waals surface area contributed by atoms with Gasteiger partial charge < -0.3 is 9.72 Å². The van der Waals surface area contributed by atoms with Gasteiger partial charge in [0.25, 0.3) is 5.95 Å². The summed E-state index contributed by atoms with van der Waals surface area (Å²) in [6.07, 6.45) is 5.86. The van der Waals surface area contributed by atoms with Gasteiger partial charge in [-0.2, -0.15) is 9.67 Å². The summed E-state index contributed by atoms with van der Waals surface area (Å²) in [5, 5.41) is 9.33. The normalized spacial score (nSPS) is 12.7. The lowest BCUT2D eigenvalue weighted by atomic mass is 10.1. The van der Waals surface area contributed by atoms with Crippen molar-refractivity contribution < 1.29 is 4.74 Å². The summed E-state index contributed by atoms with van der Waals surface area (Å²) in [5.41, 5.74) is 2.66. The summed E-state index contributed by atoms with van der Waals surface area (Å²) in [7, 11) is 1.68. The van der Waals surface area contributed by atoms with Gasteiger partial charge in [0, 0.05) is 31.0 Å². The molecule has 1 unspecified atom stereocenters. The molecule has 4 heterocycles. The molecule has 0 aliphatic rings. The number of methoxy groups -OCH3 is 1. The van der Waals surface area contributed by atoms with Crippen LogP contribution < -0.4 is 0 Å². The molecule has 0 fully saturated rings. The van der Waals surface area contributed by atoms with Crippen molar-refractivity contribution in [3.05, 3.63) is 48.0 Å². The third-order valence-electron chi connectivity index (χ3n) is 4.56. The number of nitrogens with zero attached hydrogens (tertiary/aromatic N) is 6. The van der Waals surface area contributed by atoms with E-state index in [1.54, 1.807) is 16.3 Å². The first-order valence-electron chi connectivity index (χ1n) is 9.15. The Morgan fingerprint density at radius 1 is 1.19 bits per heavy atom. The van der Waals surface area contributed by atoms with E-state index in [-0.39, 0.29) is 5.92 Å². The van der Waals surface area contributed by atoms with E-state index < -0.39 is 0 Å². The number of hydrogen-bond acceptors (Lipinski definition) is 5. The van der Waals surface area contributed by atoms with Crippen LogP contribution in [0.15, 0.2) is 36.7 Å². The number of aromatic nitrogens is 7. The predicted molar refractivity (Wildman–Crippen MR) is 102 cm³/mol. The fourth-order valence-electron chi connectivity index (χ4n) is 3.20. The molecule has 8 heteroatoms. The van der Waals surface area contributed by atoms with Gasteiger partial charge >= 0.3 is 0 Å². The van der Waals surface area contributed by atoms with E-state index in [1.165, 1.54) is 0 Å². The Balaban J connectivity index is 1.86. The molecule has 140 valence electrons. The molecule has 1 N–H and O–H groups in total. The van der Waals surface area contributed by atoms with E-state index in [4.69, 9.17) is 14.8 Å². The topological polar surface area (TPSA) is 85.9 Å². The Morgan fingerprint density at radius 2 is 2.07 bits per heavy atom. The molecule has 0 bridgehead atoms. The molecule has 0 amide bonds. The lowest BCUT2D eigenvalue weighted by molar-refractivity contribution is 0.185. The molecule has 8 nitrogen and oxygen atoms in total. The molecule has 0 aromatic carbocycles. The third-order valence-corrected chi connectivity index (χ3v) is 4.56. The van der Waals surface area contributed by atoms with Crippen molar-refractivity contribution in [1.82, 2.24) is 34.3 Å². The van der Waals surface area contributed by atoms with Gasteiger partial charge in [0.05, 0.1) is 12.3 Å². The van der Waals surface area contributed by atoms with E-state index in [1.807, 2.05) is 36.7 Å². The van der Waals surface area contributed by atoms with Crippen molar-refractivity contribution in [3.63, 3.8) is 0 Å². The molecule has 0 spiro atoms. The van der Waals surface area contributed by atoms with Crippen LogP contribution in [0.5, 0.6) is 0 Å². The molecular weight excluding hydrogens is 342 g/mol. The summed E-state index contributed by atoms with van der Waals surface area (Å²) in [4.78, 5) is 12.7. The fourth-order valence-corrected chi connectivity index (χ4v) is 3.20. The van der Waals surface area contributed by atoms with E-state index in [9.17, 15) is 0 Å². The van der Waals surface area contributed by atoms with Crippen molar-refractivity contribution in [2.75, 3.05) is 7.11 Å². The predicted octanol–water partition coefficient (Wildman–Crippen LogP) is 3.36. The van der Waals surface area contributed by atoms with Crippen LogP contribution in [-0.2, 0) is 11.3 Å². The Kier molecular flexibility index (Phi) is 4.72. The van der Waals surface area contributed by atoms with Crippen molar-refractivity contribution in [3.8, 4) is 17.5 Å². The summed E-state index contributed by atoms with van der Waals surface area (Å²) in [6, 6.07) is 7.76. The average molecular weight is 365 g/mol. The van der Waals surface area contributed by atoms with Crippen molar-refractivity contribution >= 4 is 5.65 Å². The first kappa shape index (κ1) is 17.4. The molecule has 27 heavy (non-hydrogen) atoms. The van der Waals surface area contributed by atoms with Crippen molar-refractivity contribution in [2.24, 2.45) is 0 Å². The maximum atomic E-state index is 5.32. The second-order valence-electron chi connectivity index (χ2n) is 6.62. The summed E-state index contributed by atoms with van der Waals surface area (Å²) < 4.78 is 8.78. The summed E-state index contributed by atoms with van der Waals surface area (Å²) >= 11 is 0. The SMILES string of the molecule is CCCC(C)c1nc(-c2[nH]ccc2COC)n(-c2nc3ccccn3n2)n1. The number of aromatic amines is 1. The van der Waals surface area contributed by atoms with Crippen LogP contribution in [0.3, 0.4) is 0 Å². The van der Waals surface area contributed by atoms with Gasteiger partial charge in [0.15, 0.2) is 17.3 Å². The minimum absolute atomic E-state index is 0.257. The van der Waals surface area contributed by atoms with Crippen LogP contribution in [0.25, 0.3) is 23.1 Å². The second-order valence-corrected chi connectivity index (χ2v) is 6.62. The average Bonchev–Trinajstić information content (AvgIpc) is 3.39. The molecule has 4 rings (SSSR count). The number of hydrogen-bond donors (Lipinski definition) is 1. The molecule has 0 aliphatic heterocycles. The first-order chi connectivity index (χ1) is 13.2. The van der Waals surface area contributed by atoms with E-state index in [0.717, 1.165) is 35.6 Å². The minimum atomic E-state index is 0.257. The van der Waals surface area contributed by atoms with Crippen molar-refractivity contribution in [1.29, 1.82) is 0 Å². The van der Waals surface area contributed by atoms with Gasteiger partial charge in [-0.05, 0) is 24.6 Å². The quantitative estimate of drug-likeness (QED) is 0.543. The number of fused-ring (bicyclic) bond motifs is 1. The highest BCUT2D eigenvalue weighted by molar-refractivity contribution is 5.57. The number of pyridine rings is 1. The molecule has 4 aromatic rings. The Morgan fingerprint density at radius 3 is 2.85 bits per heavy atom. The zero-order chi connectivity index (χ0) is 18.8. The molecule has 0 saturated heterocycles. The number of nitrogens with one attached hydrogen (secondary N) is 1. The highest BCUT2D eigenvalue weighted by atomic mass is 16.5. The molecule has 1 atom stereocenters. The number of H-pyrrole nitrogens is 1. The number of rotatable bonds is 7. The molecule has 4 aromatic heterocycles. The van der Waals surface area contributed by atoms with Gasteiger partial charge in [0.2, 0.25) is 0 Å². The van der Waals surface area contributed by atoms with Crippen LogP contribution in [0.1, 0.15) is 44.0 Å². The van der Waals surface area contributed by atoms with Crippen LogP contribution >= 0.6 is 0 Å². The van der Waals surface area contributed by atoms with Gasteiger partial charge in [-0.1, -0.05) is 26.3 Å².